The van der Waals surface area contributed by atoms with E-state index >= 15 is 0 Å². The fourth-order valence-electron chi connectivity index (χ4n) is 1.96. The molecule has 1 heterocycles. The molecule has 0 spiro atoms. The standard InChI is InChI=1S/C15H16BrClN2O/c1-3-6-19-9-11(16)7-14(19)15(20)18-12-5-4-10(2)13(17)8-12/h4-5,7-9H,3,6H2,1-2H3,(H,18,20). The van der Waals surface area contributed by atoms with E-state index in [0.29, 0.717) is 16.4 Å². The van der Waals surface area contributed by atoms with E-state index in [1.165, 1.54) is 0 Å². The van der Waals surface area contributed by atoms with Crippen molar-refractivity contribution in [3.63, 3.8) is 0 Å². The minimum atomic E-state index is -0.135. The highest BCUT2D eigenvalue weighted by atomic mass is 79.9. The molecule has 0 saturated heterocycles. The summed E-state index contributed by atoms with van der Waals surface area (Å²) in [5.41, 5.74) is 2.32. The molecular formula is C15H16BrClN2O. The second-order valence-corrected chi connectivity index (χ2v) is 5.98. The van der Waals surface area contributed by atoms with Gasteiger partial charge in [0.2, 0.25) is 0 Å². The number of benzene rings is 1. The summed E-state index contributed by atoms with van der Waals surface area (Å²) >= 11 is 9.47. The van der Waals surface area contributed by atoms with Crippen molar-refractivity contribution >= 4 is 39.1 Å². The first kappa shape index (κ1) is 15.1. The van der Waals surface area contributed by atoms with Gasteiger partial charge >= 0.3 is 0 Å². The van der Waals surface area contributed by atoms with E-state index in [0.717, 1.165) is 23.0 Å². The zero-order chi connectivity index (χ0) is 14.7. The number of carbonyl (C=O) groups is 1. The number of carbonyl (C=O) groups excluding carboxylic acids is 1. The van der Waals surface area contributed by atoms with Crippen LogP contribution in [0.2, 0.25) is 5.02 Å². The Balaban J connectivity index is 2.21. The van der Waals surface area contributed by atoms with Crippen LogP contribution >= 0.6 is 27.5 Å². The molecule has 1 N–H and O–H groups in total. The predicted octanol–water partition coefficient (Wildman–Crippen LogP) is 4.87. The SMILES string of the molecule is CCCn1cc(Br)cc1C(=O)Nc1ccc(C)c(Cl)c1. The summed E-state index contributed by atoms with van der Waals surface area (Å²) in [4.78, 5) is 12.3. The summed E-state index contributed by atoms with van der Waals surface area (Å²) in [5, 5.41) is 3.52. The number of nitrogens with zero attached hydrogens (tertiary/aromatic N) is 1. The lowest BCUT2D eigenvalue weighted by molar-refractivity contribution is 0.101. The van der Waals surface area contributed by atoms with Crippen LogP contribution in [0.15, 0.2) is 34.9 Å². The zero-order valence-electron chi connectivity index (χ0n) is 11.4. The third-order valence-corrected chi connectivity index (χ3v) is 3.83. The molecule has 0 radical (unpaired) electrons. The van der Waals surface area contributed by atoms with Crippen molar-refractivity contribution in [3.8, 4) is 0 Å². The average Bonchev–Trinajstić information content (AvgIpc) is 2.75. The van der Waals surface area contributed by atoms with Crippen LogP contribution in [0.3, 0.4) is 0 Å². The molecule has 106 valence electrons. The minimum absolute atomic E-state index is 0.135. The number of aromatic nitrogens is 1. The lowest BCUT2D eigenvalue weighted by atomic mass is 10.2. The number of anilines is 1. The van der Waals surface area contributed by atoms with Gasteiger partial charge in [-0.25, -0.2) is 0 Å². The fourth-order valence-corrected chi connectivity index (χ4v) is 2.60. The Morgan fingerprint density at radius 1 is 1.40 bits per heavy atom. The third kappa shape index (κ3) is 3.44. The van der Waals surface area contributed by atoms with Crippen molar-refractivity contribution in [1.82, 2.24) is 4.57 Å². The van der Waals surface area contributed by atoms with E-state index < -0.39 is 0 Å². The van der Waals surface area contributed by atoms with E-state index in [1.807, 2.05) is 35.9 Å². The summed E-state index contributed by atoms with van der Waals surface area (Å²) in [5.74, 6) is -0.135. The summed E-state index contributed by atoms with van der Waals surface area (Å²) in [7, 11) is 0. The highest BCUT2D eigenvalue weighted by Crippen LogP contribution is 2.21. The molecule has 0 aliphatic carbocycles. The van der Waals surface area contributed by atoms with Crippen LogP contribution in [0.1, 0.15) is 29.4 Å². The van der Waals surface area contributed by atoms with Crippen LogP contribution in [0.4, 0.5) is 5.69 Å². The lowest BCUT2D eigenvalue weighted by Crippen LogP contribution is -2.16. The maximum atomic E-state index is 12.3. The van der Waals surface area contributed by atoms with Gasteiger partial charge in [-0.15, -0.1) is 0 Å². The first-order chi connectivity index (χ1) is 9.51. The monoisotopic (exact) mass is 354 g/mol. The Hall–Kier alpha value is -1.26. The third-order valence-electron chi connectivity index (χ3n) is 2.99. The van der Waals surface area contributed by atoms with Crippen molar-refractivity contribution < 1.29 is 4.79 Å². The first-order valence-corrected chi connectivity index (χ1v) is 7.61. The summed E-state index contributed by atoms with van der Waals surface area (Å²) in [6, 6.07) is 7.32. The van der Waals surface area contributed by atoms with Gasteiger partial charge in [0.15, 0.2) is 0 Å². The van der Waals surface area contributed by atoms with E-state index in [1.54, 1.807) is 6.07 Å². The van der Waals surface area contributed by atoms with Crippen molar-refractivity contribution in [2.45, 2.75) is 26.8 Å². The van der Waals surface area contributed by atoms with Gasteiger partial charge in [-0.2, -0.15) is 0 Å². The van der Waals surface area contributed by atoms with E-state index in [4.69, 9.17) is 11.6 Å². The fraction of sp³-hybridized carbons (Fsp3) is 0.267. The van der Waals surface area contributed by atoms with Crippen molar-refractivity contribution in [1.29, 1.82) is 0 Å². The Morgan fingerprint density at radius 2 is 2.15 bits per heavy atom. The van der Waals surface area contributed by atoms with Gasteiger partial charge in [0, 0.05) is 27.9 Å². The van der Waals surface area contributed by atoms with E-state index in [-0.39, 0.29) is 5.91 Å². The summed E-state index contributed by atoms with van der Waals surface area (Å²) < 4.78 is 2.84. The Morgan fingerprint density at radius 3 is 2.80 bits per heavy atom. The summed E-state index contributed by atoms with van der Waals surface area (Å²) in [6.07, 6.45) is 2.89. The number of rotatable bonds is 4. The first-order valence-electron chi connectivity index (χ1n) is 6.44. The normalized spacial score (nSPS) is 10.6. The molecule has 5 heteroatoms. The minimum Gasteiger partial charge on any atom is -0.342 e. The van der Waals surface area contributed by atoms with Crippen LogP contribution < -0.4 is 5.32 Å². The maximum Gasteiger partial charge on any atom is 0.272 e. The van der Waals surface area contributed by atoms with Gasteiger partial charge in [-0.1, -0.05) is 24.6 Å². The molecule has 0 aliphatic heterocycles. The Bertz CT molecular complexity index is 637. The molecule has 0 saturated carbocycles. The van der Waals surface area contributed by atoms with E-state index in [9.17, 15) is 4.79 Å². The van der Waals surface area contributed by atoms with E-state index in [2.05, 4.69) is 28.2 Å². The number of hydrogen-bond acceptors (Lipinski definition) is 1. The Kier molecular flexibility index (Phi) is 4.89. The topological polar surface area (TPSA) is 34.0 Å². The van der Waals surface area contributed by atoms with Crippen molar-refractivity contribution in [3.05, 3.63) is 51.2 Å². The molecular weight excluding hydrogens is 340 g/mol. The van der Waals surface area contributed by atoms with Gasteiger partial charge in [0.05, 0.1) is 0 Å². The molecule has 1 amide bonds. The van der Waals surface area contributed by atoms with Crippen LogP contribution in [-0.4, -0.2) is 10.5 Å². The largest absolute Gasteiger partial charge is 0.342 e. The lowest BCUT2D eigenvalue weighted by Gasteiger charge is -2.09. The highest BCUT2D eigenvalue weighted by Gasteiger charge is 2.13. The van der Waals surface area contributed by atoms with Crippen LogP contribution in [0.5, 0.6) is 0 Å². The highest BCUT2D eigenvalue weighted by molar-refractivity contribution is 9.10. The number of aryl methyl sites for hydroxylation is 2. The molecule has 0 aliphatic rings. The van der Waals surface area contributed by atoms with Crippen LogP contribution in [0.25, 0.3) is 0 Å². The second-order valence-electron chi connectivity index (χ2n) is 4.66. The van der Waals surface area contributed by atoms with Crippen LogP contribution in [0, 0.1) is 6.92 Å². The number of amides is 1. The number of hydrogen-bond donors (Lipinski definition) is 1. The second kappa shape index (κ2) is 6.46. The molecule has 1 aromatic carbocycles. The zero-order valence-corrected chi connectivity index (χ0v) is 13.8. The van der Waals surface area contributed by atoms with Gasteiger partial charge in [-0.3, -0.25) is 4.79 Å². The quantitative estimate of drug-likeness (QED) is 0.833. The number of nitrogens with one attached hydrogen (secondary N) is 1. The maximum absolute atomic E-state index is 12.3. The molecule has 20 heavy (non-hydrogen) atoms. The molecule has 2 aromatic rings. The molecule has 0 atom stereocenters. The van der Waals surface area contributed by atoms with Gasteiger partial charge in [0.1, 0.15) is 5.69 Å². The Labute approximate surface area is 132 Å². The van der Waals surface area contributed by atoms with Crippen molar-refractivity contribution in [2.75, 3.05) is 5.32 Å². The molecule has 2 rings (SSSR count). The predicted molar refractivity (Wildman–Crippen MR) is 86.6 cm³/mol. The van der Waals surface area contributed by atoms with Gasteiger partial charge < -0.3 is 9.88 Å². The summed E-state index contributed by atoms with van der Waals surface area (Å²) in [6.45, 7) is 4.82. The molecule has 0 bridgehead atoms. The molecule has 0 fully saturated rings. The number of halogens is 2. The molecule has 3 nitrogen and oxygen atoms in total. The smallest absolute Gasteiger partial charge is 0.272 e. The molecule has 0 unspecified atom stereocenters. The molecule has 1 aromatic heterocycles. The van der Waals surface area contributed by atoms with Crippen molar-refractivity contribution in [2.24, 2.45) is 0 Å². The van der Waals surface area contributed by atoms with Crippen LogP contribution in [-0.2, 0) is 6.54 Å². The van der Waals surface area contributed by atoms with Gasteiger partial charge in [-0.05, 0) is 53.0 Å². The van der Waals surface area contributed by atoms with Gasteiger partial charge in [0.25, 0.3) is 5.91 Å². The average molecular weight is 356 g/mol.